The van der Waals surface area contributed by atoms with Crippen molar-refractivity contribution in [3.8, 4) is 0 Å². The summed E-state index contributed by atoms with van der Waals surface area (Å²) in [4.78, 5) is 20.8. The third kappa shape index (κ3) is 5.20. The molecule has 8 heteroatoms. The number of rotatable bonds is 6. The number of nitrogens with zero attached hydrogens (tertiary/aromatic N) is 2. The zero-order valence-corrected chi connectivity index (χ0v) is 13.0. The van der Waals surface area contributed by atoms with Gasteiger partial charge in [0.05, 0.1) is 10.4 Å². The normalized spacial score (nSPS) is 11.7. The average Bonchev–Trinajstić information content (AvgIpc) is 2.91. The molecule has 0 spiro atoms. The van der Waals surface area contributed by atoms with Crippen LogP contribution in [0.2, 0.25) is 4.34 Å². The smallest absolute Gasteiger partial charge is 0.315 e. The Labute approximate surface area is 132 Å². The summed E-state index contributed by atoms with van der Waals surface area (Å²) in [5, 5.41) is 8.62. The van der Waals surface area contributed by atoms with E-state index in [1.54, 1.807) is 18.5 Å². The summed E-state index contributed by atoms with van der Waals surface area (Å²) in [5.74, 6) is 0.543. The number of hydrogen-bond donors (Lipinski definition) is 3. The largest absolute Gasteiger partial charge is 0.352 e. The van der Waals surface area contributed by atoms with Crippen molar-refractivity contribution >= 4 is 34.9 Å². The van der Waals surface area contributed by atoms with E-state index in [1.807, 2.05) is 19.1 Å². The van der Waals surface area contributed by atoms with Crippen LogP contribution < -0.4 is 16.0 Å². The molecule has 21 heavy (non-hydrogen) atoms. The maximum Gasteiger partial charge on any atom is 0.315 e. The molecule has 6 nitrogen and oxygen atoms in total. The molecule has 0 saturated heterocycles. The number of thiophene rings is 1. The van der Waals surface area contributed by atoms with Crippen LogP contribution in [0.4, 0.5) is 10.7 Å². The van der Waals surface area contributed by atoms with Gasteiger partial charge in [-0.15, -0.1) is 11.3 Å². The summed E-state index contributed by atoms with van der Waals surface area (Å²) >= 11 is 7.33. The minimum atomic E-state index is -0.220. The van der Waals surface area contributed by atoms with Gasteiger partial charge in [-0.2, -0.15) is 0 Å². The van der Waals surface area contributed by atoms with Crippen LogP contribution >= 0.6 is 22.9 Å². The molecule has 0 aliphatic carbocycles. The molecule has 0 fully saturated rings. The number of amides is 2. The fourth-order valence-corrected chi connectivity index (χ4v) is 2.68. The quantitative estimate of drug-likeness (QED) is 0.713. The molecule has 2 rings (SSSR count). The van der Waals surface area contributed by atoms with Gasteiger partial charge in [0.2, 0.25) is 5.95 Å². The lowest BCUT2D eigenvalue weighted by atomic mass is 10.3. The van der Waals surface area contributed by atoms with E-state index in [0.717, 1.165) is 4.88 Å². The Bertz CT molecular complexity index is 577. The number of hydrogen-bond acceptors (Lipinski definition) is 5. The van der Waals surface area contributed by atoms with Crippen molar-refractivity contribution < 1.29 is 4.79 Å². The van der Waals surface area contributed by atoms with Gasteiger partial charge in [-0.25, -0.2) is 14.8 Å². The number of anilines is 1. The Morgan fingerprint density at radius 3 is 2.76 bits per heavy atom. The third-order valence-electron chi connectivity index (χ3n) is 2.63. The van der Waals surface area contributed by atoms with E-state index >= 15 is 0 Å². The summed E-state index contributed by atoms with van der Waals surface area (Å²) in [7, 11) is 0. The van der Waals surface area contributed by atoms with E-state index in [-0.39, 0.29) is 12.1 Å². The van der Waals surface area contributed by atoms with Gasteiger partial charge in [0.1, 0.15) is 0 Å². The fraction of sp³-hybridized carbons (Fsp3) is 0.308. The van der Waals surface area contributed by atoms with Crippen LogP contribution in [-0.2, 0) is 0 Å². The van der Waals surface area contributed by atoms with E-state index in [0.29, 0.717) is 23.4 Å². The van der Waals surface area contributed by atoms with Crippen LogP contribution in [0.1, 0.15) is 17.8 Å². The summed E-state index contributed by atoms with van der Waals surface area (Å²) in [6.07, 6.45) is 3.31. The second-order valence-corrected chi connectivity index (χ2v) is 6.01. The van der Waals surface area contributed by atoms with E-state index in [9.17, 15) is 4.79 Å². The van der Waals surface area contributed by atoms with Crippen molar-refractivity contribution in [1.29, 1.82) is 0 Å². The number of nitrogens with one attached hydrogen (secondary N) is 3. The maximum atomic E-state index is 11.7. The molecule has 0 aliphatic rings. The second kappa shape index (κ2) is 7.80. The van der Waals surface area contributed by atoms with Gasteiger partial charge in [0, 0.05) is 30.4 Å². The van der Waals surface area contributed by atoms with Crippen LogP contribution in [0.25, 0.3) is 0 Å². The number of carbonyl (C=O) groups is 1. The van der Waals surface area contributed by atoms with Gasteiger partial charge >= 0.3 is 6.03 Å². The minimum absolute atomic E-state index is 0.0760. The summed E-state index contributed by atoms with van der Waals surface area (Å²) < 4.78 is 0.714. The van der Waals surface area contributed by atoms with E-state index in [1.165, 1.54) is 11.3 Å². The molecule has 1 atom stereocenters. The SMILES string of the molecule is C[C@H](NC(=O)NCCNc1ncccn1)c1ccc(Cl)s1. The molecular weight excluding hydrogens is 310 g/mol. The maximum absolute atomic E-state index is 11.7. The number of halogens is 1. The van der Waals surface area contributed by atoms with Gasteiger partial charge in [-0.05, 0) is 25.1 Å². The molecule has 2 heterocycles. The Kier molecular flexibility index (Phi) is 5.77. The van der Waals surface area contributed by atoms with E-state index in [4.69, 9.17) is 11.6 Å². The summed E-state index contributed by atoms with van der Waals surface area (Å²) in [5.41, 5.74) is 0. The first-order valence-corrected chi connectivity index (χ1v) is 7.65. The number of carbonyl (C=O) groups excluding carboxylic acids is 1. The van der Waals surface area contributed by atoms with Gasteiger partial charge in [-0.1, -0.05) is 11.6 Å². The first kappa shape index (κ1) is 15.5. The number of urea groups is 1. The Hall–Kier alpha value is -1.86. The van der Waals surface area contributed by atoms with Crippen LogP contribution in [0.15, 0.2) is 30.6 Å². The Morgan fingerprint density at radius 1 is 1.33 bits per heavy atom. The highest BCUT2D eigenvalue weighted by molar-refractivity contribution is 7.16. The van der Waals surface area contributed by atoms with Gasteiger partial charge in [0.15, 0.2) is 0 Å². The van der Waals surface area contributed by atoms with Crippen LogP contribution in [0.5, 0.6) is 0 Å². The molecule has 0 aliphatic heterocycles. The summed E-state index contributed by atoms with van der Waals surface area (Å²) in [6.45, 7) is 2.94. The van der Waals surface area contributed by atoms with Crippen LogP contribution in [0, 0.1) is 0 Å². The number of aromatic nitrogens is 2. The van der Waals surface area contributed by atoms with E-state index in [2.05, 4.69) is 25.9 Å². The van der Waals surface area contributed by atoms with Crippen LogP contribution in [-0.4, -0.2) is 29.1 Å². The topological polar surface area (TPSA) is 78.9 Å². The second-order valence-electron chi connectivity index (χ2n) is 4.26. The predicted octanol–water partition coefficient (Wildman–Crippen LogP) is 2.66. The predicted molar refractivity (Wildman–Crippen MR) is 84.8 cm³/mol. The fourth-order valence-electron chi connectivity index (χ4n) is 1.62. The monoisotopic (exact) mass is 325 g/mol. The zero-order chi connectivity index (χ0) is 15.1. The molecule has 3 N–H and O–H groups in total. The lowest BCUT2D eigenvalue weighted by Gasteiger charge is -2.13. The van der Waals surface area contributed by atoms with Crippen molar-refractivity contribution in [3.05, 3.63) is 39.8 Å². The van der Waals surface area contributed by atoms with Crippen molar-refractivity contribution in [1.82, 2.24) is 20.6 Å². The Balaban J connectivity index is 1.65. The first-order valence-electron chi connectivity index (χ1n) is 6.45. The van der Waals surface area contributed by atoms with Crippen molar-refractivity contribution in [2.75, 3.05) is 18.4 Å². The average molecular weight is 326 g/mol. The minimum Gasteiger partial charge on any atom is -0.352 e. The molecule has 0 radical (unpaired) electrons. The van der Waals surface area contributed by atoms with E-state index < -0.39 is 0 Å². The lowest BCUT2D eigenvalue weighted by molar-refractivity contribution is 0.238. The highest BCUT2D eigenvalue weighted by Gasteiger charge is 2.10. The van der Waals surface area contributed by atoms with Gasteiger partial charge in [0.25, 0.3) is 0 Å². The zero-order valence-electron chi connectivity index (χ0n) is 11.5. The molecule has 2 aromatic heterocycles. The van der Waals surface area contributed by atoms with Crippen LogP contribution in [0.3, 0.4) is 0 Å². The first-order chi connectivity index (χ1) is 10.1. The van der Waals surface area contributed by atoms with Crippen molar-refractivity contribution in [2.45, 2.75) is 13.0 Å². The summed E-state index contributed by atoms with van der Waals surface area (Å²) in [6, 6.07) is 5.18. The van der Waals surface area contributed by atoms with Gasteiger partial charge in [-0.3, -0.25) is 0 Å². The highest BCUT2D eigenvalue weighted by Crippen LogP contribution is 2.26. The molecule has 0 saturated carbocycles. The highest BCUT2D eigenvalue weighted by atomic mass is 35.5. The molecule has 2 aromatic rings. The molecular formula is C13H16ClN5OS. The third-order valence-corrected chi connectivity index (χ3v) is 4.04. The molecule has 2 amide bonds. The molecule has 0 aromatic carbocycles. The van der Waals surface area contributed by atoms with Gasteiger partial charge < -0.3 is 16.0 Å². The molecule has 0 unspecified atom stereocenters. The molecule has 0 bridgehead atoms. The lowest BCUT2D eigenvalue weighted by Crippen LogP contribution is -2.39. The Morgan fingerprint density at radius 2 is 2.10 bits per heavy atom. The van der Waals surface area contributed by atoms with Crippen molar-refractivity contribution in [2.24, 2.45) is 0 Å². The van der Waals surface area contributed by atoms with Crippen molar-refractivity contribution in [3.63, 3.8) is 0 Å². The standard InChI is InChI=1S/C13H16ClN5OS/c1-9(10-3-4-11(14)21-10)19-13(20)18-8-7-17-12-15-5-2-6-16-12/h2-6,9H,7-8H2,1H3,(H,15,16,17)(H2,18,19,20)/t9-/m0/s1. The molecule has 112 valence electrons.